The lowest BCUT2D eigenvalue weighted by Gasteiger charge is -2.31. The molecule has 0 radical (unpaired) electrons. The van der Waals surface area contributed by atoms with Gasteiger partial charge in [-0.25, -0.2) is 18.1 Å². The van der Waals surface area contributed by atoms with Crippen molar-refractivity contribution in [3.63, 3.8) is 0 Å². The largest absolute Gasteiger partial charge is 0.383 e. The standard InChI is InChI=1S/C12H21N3O2S/c1-4-12(5-2,6-3)15-18(16,17)10-8-7-9-14-11(10)13/h7-9,15H,4-6H2,1-3H3,(H2,13,14). The van der Waals surface area contributed by atoms with Crippen LogP contribution in [-0.2, 0) is 10.0 Å². The average Bonchev–Trinajstić information content (AvgIpc) is 2.36. The third-order valence-electron chi connectivity index (χ3n) is 3.47. The first-order valence-corrected chi connectivity index (χ1v) is 7.63. The molecule has 3 N–H and O–H groups in total. The summed E-state index contributed by atoms with van der Waals surface area (Å²) in [5.41, 5.74) is 5.20. The van der Waals surface area contributed by atoms with Gasteiger partial charge in [-0.2, -0.15) is 0 Å². The minimum Gasteiger partial charge on any atom is -0.383 e. The van der Waals surface area contributed by atoms with Crippen LogP contribution in [0.5, 0.6) is 0 Å². The maximum Gasteiger partial charge on any atom is 0.244 e. The Morgan fingerprint density at radius 1 is 1.28 bits per heavy atom. The summed E-state index contributed by atoms with van der Waals surface area (Å²) in [4.78, 5) is 3.86. The van der Waals surface area contributed by atoms with Gasteiger partial charge in [0.1, 0.15) is 10.7 Å². The van der Waals surface area contributed by atoms with E-state index in [0.29, 0.717) is 0 Å². The molecule has 0 aliphatic carbocycles. The van der Waals surface area contributed by atoms with Crippen molar-refractivity contribution in [1.29, 1.82) is 0 Å². The van der Waals surface area contributed by atoms with Crippen LogP contribution in [0, 0.1) is 0 Å². The predicted molar refractivity (Wildman–Crippen MR) is 72.6 cm³/mol. The van der Waals surface area contributed by atoms with E-state index < -0.39 is 15.6 Å². The summed E-state index contributed by atoms with van der Waals surface area (Å²) >= 11 is 0. The molecule has 0 aliphatic rings. The van der Waals surface area contributed by atoms with Gasteiger partial charge in [0.15, 0.2) is 0 Å². The van der Waals surface area contributed by atoms with Gasteiger partial charge in [-0.05, 0) is 31.4 Å². The topological polar surface area (TPSA) is 85.1 Å². The molecule has 1 heterocycles. The molecule has 0 aliphatic heterocycles. The maximum atomic E-state index is 12.3. The number of hydrogen-bond acceptors (Lipinski definition) is 4. The normalized spacial score (nSPS) is 12.6. The highest BCUT2D eigenvalue weighted by atomic mass is 32.2. The SMILES string of the molecule is CCC(CC)(CC)NS(=O)(=O)c1cccnc1N. The Labute approximate surface area is 109 Å². The first-order chi connectivity index (χ1) is 8.40. The molecule has 6 heteroatoms. The van der Waals surface area contributed by atoms with E-state index in [2.05, 4.69) is 9.71 Å². The molecule has 0 spiro atoms. The van der Waals surface area contributed by atoms with Crippen LogP contribution >= 0.6 is 0 Å². The van der Waals surface area contributed by atoms with E-state index in [-0.39, 0.29) is 10.7 Å². The third kappa shape index (κ3) is 3.00. The van der Waals surface area contributed by atoms with Gasteiger partial charge in [0.05, 0.1) is 0 Å². The van der Waals surface area contributed by atoms with E-state index in [0.717, 1.165) is 19.3 Å². The molecule has 0 amide bonds. The Kier molecular flexibility index (Phi) is 4.70. The van der Waals surface area contributed by atoms with Gasteiger partial charge in [0, 0.05) is 11.7 Å². The smallest absolute Gasteiger partial charge is 0.244 e. The van der Waals surface area contributed by atoms with E-state index in [1.165, 1.54) is 12.3 Å². The fraction of sp³-hybridized carbons (Fsp3) is 0.583. The summed E-state index contributed by atoms with van der Waals surface area (Å²) < 4.78 is 27.4. The Balaban J connectivity index is 3.13. The molecule has 0 bridgehead atoms. The summed E-state index contributed by atoms with van der Waals surface area (Å²) in [5, 5.41) is 0. The molecule has 18 heavy (non-hydrogen) atoms. The zero-order valence-corrected chi connectivity index (χ0v) is 11.9. The van der Waals surface area contributed by atoms with Crippen molar-refractivity contribution in [2.24, 2.45) is 0 Å². The van der Waals surface area contributed by atoms with Gasteiger partial charge >= 0.3 is 0 Å². The van der Waals surface area contributed by atoms with Crippen LogP contribution < -0.4 is 10.5 Å². The van der Waals surface area contributed by atoms with Gasteiger partial charge in [-0.15, -0.1) is 0 Å². The van der Waals surface area contributed by atoms with Crippen molar-refractivity contribution in [1.82, 2.24) is 9.71 Å². The zero-order valence-electron chi connectivity index (χ0n) is 11.1. The third-order valence-corrected chi connectivity index (χ3v) is 5.10. The number of nitrogens with two attached hydrogens (primary N) is 1. The average molecular weight is 271 g/mol. The quantitative estimate of drug-likeness (QED) is 0.827. The summed E-state index contributed by atoms with van der Waals surface area (Å²) in [5.74, 6) is 0.0298. The fourth-order valence-corrected chi connectivity index (χ4v) is 3.64. The number of sulfonamides is 1. The lowest BCUT2D eigenvalue weighted by Crippen LogP contribution is -2.47. The molecule has 0 aromatic carbocycles. The molecule has 0 atom stereocenters. The number of anilines is 1. The fourth-order valence-electron chi connectivity index (χ4n) is 1.94. The van der Waals surface area contributed by atoms with Crippen LogP contribution in [0.25, 0.3) is 0 Å². The maximum absolute atomic E-state index is 12.3. The summed E-state index contributed by atoms with van der Waals surface area (Å²) in [6, 6.07) is 3.03. The van der Waals surface area contributed by atoms with Gasteiger partial charge in [-0.1, -0.05) is 20.8 Å². The van der Waals surface area contributed by atoms with Gasteiger partial charge in [-0.3, -0.25) is 0 Å². The van der Waals surface area contributed by atoms with Crippen molar-refractivity contribution in [2.75, 3.05) is 5.73 Å². The van der Waals surface area contributed by atoms with E-state index in [1.807, 2.05) is 20.8 Å². The number of nitrogen functional groups attached to an aromatic ring is 1. The Bertz CT molecular complexity index is 488. The summed E-state index contributed by atoms with van der Waals surface area (Å²) in [6.07, 6.45) is 3.68. The number of rotatable bonds is 6. The van der Waals surface area contributed by atoms with Crippen LogP contribution in [-0.4, -0.2) is 18.9 Å². The van der Waals surface area contributed by atoms with E-state index >= 15 is 0 Å². The number of nitrogens with zero attached hydrogens (tertiary/aromatic N) is 1. The molecular formula is C12H21N3O2S. The molecule has 0 saturated carbocycles. The molecule has 5 nitrogen and oxygen atoms in total. The zero-order chi connectivity index (χ0) is 13.8. The van der Waals surface area contributed by atoms with Crippen molar-refractivity contribution in [3.05, 3.63) is 18.3 Å². The second kappa shape index (κ2) is 5.67. The molecule has 0 unspecified atom stereocenters. The highest BCUT2D eigenvalue weighted by Crippen LogP contribution is 2.24. The molecule has 1 aromatic heterocycles. The first-order valence-electron chi connectivity index (χ1n) is 6.15. The highest BCUT2D eigenvalue weighted by molar-refractivity contribution is 7.89. The molecule has 1 aromatic rings. The Morgan fingerprint density at radius 2 is 1.83 bits per heavy atom. The molecular weight excluding hydrogens is 250 g/mol. The van der Waals surface area contributed by atoms with Gasteiger partial charge in [0.2, 0.25) is 10.0 Å². The minimum atomic E-state index is -3.62. The lowest BCUT2D eigenvalue weighted by atomic mass is 9.91. The molecule has 0 fully saturated rings. The monoisotopic (exact) mass is 271 g/mol. The molecule has 1 rings (SSSR count). The Hall–Kier alpha value is -1.14. The highest BCUT2D eigenvalue weighted by Gasteiger charge is 2.31. The van der Waals surface area contributed by atoms with Crippen molar-refractivity contribution in [3.8, 4) is 0 Å². The predicted octanol–water partition coefficient (Wildman–Crippen LogP) is 1.91. The van der Waals surface area contributed by atoms with E-state index in [1.54, 1.807) is 6.07 Å². The van der Waals surface area contributed by atoms with Crippen LogP contribution in [0.15, 0.2) is 23.2 Å². The first kappa shape index (κ1) is 14.9. The second-order valence-corrected chi connectivity index (χ2v) is 5.98. The lowest BCUT2D eigenvalue weighted by molar-refractivity contribution is 0.342. The van der Waals surface area contributed by atoms with Crippen LogP contribution in [0.3, 0.4) is 0 Å². The Morgan fingerprint density at radius 3 is 2.28 bits per heavy atom. The van der Waals surface area contributed by atoms with Crippen molar-refractivity contribution in [2.45, 2.75) is 50.5 Å². The van der Waals surface area contributed by atoms with Crippen molar-refractivity contribution >= 4 is 15.8 Å². The summed E-state index contributed by atoms with van der Waals surface area (Å²) in [6.45, 7) is 5.92. The number of nitrogens with one attached hydrogen (secondary N) is 1. The number of pyridine rings is 1. The second-order valence-electron chi connectivity index (χ2n) is 4.33. The number of aromatic nitrogens is 1. The number of hydrogen-bond donors (Lipinski definition) is 2. The van der Waals surface area contributed by atoms with Crippen LogP contribution in [0.1, 0.15) is 40.0 Å². The molecule has 0 saturated heterocycles. The van der Waals surface area contributed by atoms with Gasteiger partial charge in [0.25, 0.3) is 0 Å². The van der Waals surface area contributed by atoms with Gasteiger partial charge < -0.3 is 5.73 Å². The summed E-state index contributed by atoms with van der Waals surface area (Å²) in [7, 11) is -3.62. The van der Waals surface area contributed by atoms with E-state index in [9.17, 15) is 8.42 Å². The van der Waals surface area contributed by atoms with E-state index in [4.69, 9.17) is 5.73 Å². The van der Waals surface area contributed by atoms with Crippen LogP contribution in [0.2, 0.25) is 0 Å². The minimum absolute atomic E-state index is 0.0298. The van der Waals surface area contributed by atoms with Crippen molar-refractivity contribution < 1.29 is 8.42 Å². The van der Waals surface area contributed by atoms with Crippen LogP contribution in [0.4, 0.5) is 5.82 Å². The molecule has 102 valence electrons.